The minimum atomic E-state index is -1.61. The Morgan fingerprint density at radius 3 is 1.83 bits per heavy atom. The highest BCUT2D eigenvalue weighted by molar-refractivity contribution is 5.41. The Morgan fingerprint density at radius 1 is 0.750 bits per heavy atom. The largest absolute Gasteiger partial charge is 0.504 e. The summed E-state index contributed by atoms with van der Waals surface area (Å²) in [6.45, 7) is -0.607. The van der Waals surface area contributed by atoms with Gasteiger partial charge in [-0.1, -0.05) is 12.1 Å². The maximum Gasteiger partial charge on any atom is 0.186 e. The van der Waals surface area contributed by atoms with E-state index in [9.17, 15) is 46.0 Å². The smallest absolute Gasteiger partial charge is 0.186 e. The minimum Gasteiger partial charge on any atom is -0.504 e. The third-order valence-corrected chi connectivity index (χ3v) is 6.31. The Balaban J connectivity index is 1.67. The van der Waals surface area contributed by atoms with Gasteiger partial charge in [-0.3, -0.25) is 0 Å². The molecule has 1 heterocycles. The summed E-state index contributed by atoms with van der Waals surface area (Å²) in [6.07, 6.45) is -7.37. The van der Waals surface area contributed by atoms with Crippen molar-refractivity contribution in [2.75, 3.05) is 6.61 Å². The zero-order chi connectivity index (χ0) is 26.4. The Bertz CT molecular complexity index is 982. The van der Waals surface area contributed by atoms with Crippen LogP contribution < -0.4 is 0 Å². The zero-order valence-corrected chi connectivity index (χ0v) is 19.6. The van der Waals surface area contributed by atoms with E-state index in [0.717, 1.165) is 0 Å². The molecule has 1 aliphatic rings. The summed E-state index contributed by atoms with van der Waals surface area (Å²) in [6, 6.07) is 8.75. The number of ether oxygens (including phenoxy) is 2. The maximum atomic E-state index is 10.7. The average Bonchev–Trinajstić information content (AvgIpc) is 2.85. The first kappa shape index (κ1) is 27.9. The molecule has 1 saturated heterocycles. The van der Waals surface area contributed by atoms with Gasteiger partial charge in [0.1, 0.15) is 24.4 Å². The fourth-order valence-electron chi connectivity index (χ4n) is 4.14. The Hall–Kier alpha value is -2.64. The van der Waals surface area contributed by atoms with Crippen LogP contribution in [-0.4, -0.2) is 95.5 Å². The molecule has 0 unspecified atom stereocenters. The number of hydrogen-bond acceptors (Lipinski definition) is 11. The first-order valence-electron chi connectivity index (χ1n) is 11.7. The molecule has 36 heavy (non-hydrogen) atoms. The van der Waals surface area contributed by atoms with Crippen LogP contribution in [0, 0.1) is 0 Å². The van der Waals surface area contributed by atoms with Crippen molar-refractivity contribution in [3.63, 3.8) is 0 Å². The van der Waals surface area contributed by atoms with Gasteiger partial charge in [-0.15, -0.1) is 0 Å². The molecule has 0 amide bonds. The van der Waals surface area contributed by atoms with Gasteiger partial charge in [0.2, 0.25) is 0 Å². The lowest BCUT2D eigenvalue weighted by atomic mass is 9.97. The SMILES string of the molecule is OC[C@H]1O[C@@H](O[C@H](CCc2ccc(O)c(O)c2)C[C@H](O)CCc2ccc(O)c(O)c2)[C@H](O)[C@@H](O)[C@@H]1O. The van der Waals surface area contributed by atoms with E-state index in [4.69, 9.17) is 9.47 Å². The number of aliphatic hydroxyl groups excluding tert-OH is 5. The quantitative estimate of drug-likeness (QED) is 0.184. The molecule has 0 radical (unpaired) electrons. The highest BCUT2D eigenvalue weighted by Gasteiger charge is 2.44. The van der Waals surface area contributed by atoms with E-state index in [1.54, 1.807) is 12.1 Å². The number of rotatable bonds is 11. The highest BCUT2D eigenvalue weighted by atomic mass is 16.7. The molecule has 2 aromatic carbocycles. The molecular weight excluding hydrogens is 476 g/mol. The molecule has 200 valence electrons. The molecule has 11 nitrogen and oxygen atoms in total. The van der Waals surface area contributed by atoms with Crippen molar-refractivity contribution in [3.05, 3.63) is 47.5 Å². The van der Waals surface area contributed by atoms with Crippen LogP contribution in [0.25, 0.3) is 0 Å². The molecule has 0 aliphatic carbocycles. The molecule has 2 aromatic rings. The van der Waals surface area contributed by atoms with Gasteiger partial charge in [-0.25, -0.2) is 0 Å². The zero-order valence-electron chi connectivity index (χ0n) is 19.6. The predicted octanol–water partition coefficient (Wildman–Crippen LogP) is 0.0105. The van der Waals surface area contributed by atoms with Crippen LogP contribution >= 0.6 is 0 Å². The van der Waals surface area contributed by atoms with Crippen LogP contribution in [0.2, 0.25) is 0 Å². The summed E-state index contributed by atoms with van der Waals surface area (Å²) in [5.41, 5.74) is 1.39. The van der Waals surface area contributed by atoms with E-state index in [-0.39, 0.29) is 29.4 Å². The van der Waals surface area contributed by atoms with Gasteiger partial charge in [0.15, 0.2) is 29.3 Å². The van der Waals surface area contributed by atoms with Gasteiger partial charge >= 0.3 is 0 Å². The molecule has 7 atom stereocenters. The van der Waals surface area contributed by atoms with E-state index in [2.05, 4.69) is 0 Å². The molecule has 0 aromatic heterocycles. The first-order valence-corrected chi connectivity index (χ1v) is 11.7. The number of phenolic OH excluding ortho intramolecular Hbond substituents is 4. The van der Waals surface area contributed by atoms with E-state index >= 15 is 0 Å². The van der Waals surface area contributed by atoms with Crippen LogP contribution in [0.5, 0.6) is 23.0 Å². The van der Waals surface area contributed by atoms with Crippen molar-refractivity contribution >= 4 is 0 Å². The Morgan fingerprint density at radius 2 is 1.31 bits per heavy atom. The van der Waals surface area contributed by atoms with Gasteiger partial charge in [-0.2, -0.15) is 0 Å². The lowest BCUT2D eigenvalue weighted by Crippen LogP contribution is -2.59. The van der Waals surface area contributed by atoms with Crippen LogP contribution in [0.15, 0.2) is 36.4 Å². The van der Waals surface area contributed by atoms with Crippen LogP contribution in [0.1, 0.15) is 30.4 Å². The summed E-state index contributed by atoms with van der Waals surface area (Å²) in [7, 11) is 0. The Kier molecular flexibility index (Phi) is 9.74. The summed E-state index contributed by atoms with van der Waals surface area (Å²) in [5.74, 6) is -1.05. The van der Waals surface area contributed by atoms with Crippen LogP contribution in [-0.2, 0) is 22.3 Å². The molecule has 3 rings (SSSR count). The lowest BCUT2D eigenvalue weighted by Gasteiger charge is -2.41. The highest BCUT2D eigenvalue weighted by Crippen LogP contribution is 2.29. The summed E-state index contributed by atoms with van der Waals surface area (Å²) in [4.78, 5) is 0. The standard InChI is InChI=1S/C25H34O11/c26-12-21-22(32)23(33)24(34)25(36-21)35-16(6-2-14-4-8-18(29)20(31)10-14)11-15(27)5-1-13-3-7-17(28)19(30)9-13/h3-4,7-10,15-16,21-34H,1-2,5-6,11-12H2/t15-,16-,21-,22-,23+,24-,25-/m1/s1. The average molecular weight is 511 g/mol. The summed E-state index contributed by atoms with van der Waals surface area (Å²) in [5, 5.41) is 88.9. The number of aliphatic hydroxyl groups is 5. The van der Waals surface area contributed by atoms with Crippen molar-refractivity contribution in [3.8, 4) is 23.0 Å². The Labute approximate surface area is 208 Å². The fraction of sp³-hybridized carbons (Fsp3) is 0.520. The lowest BCUT2D eigenvalue weighted by molar-refractivity contribution is -0.313. The number of benzene rings is 2. The van der Waals surface area contributed by atoms with Gasteiger partial charge in [0.25, 0.3) is 0 Å². The normalized spacial score (nSPS) is 26.0. The minimum absolute atomic E-state index is 0.100. The van der Waals surface area contributed by atoms with Gasteiger partial charge in [0.05, 0.1) is 18.8 Å². The molecule has 9 N–H and O–H groups in total. The second kappa shape index (κ2) is 12.5. The van der Waals surface area contributed by atoms with E-state index in [1.807, 2.05) is 0 Å². The molecule has 0 saturated carbocycles. The van der Waals surface area contributed by atoms with E-state index in [1.165, 1.54) is 24.3 Å². The number of aryl methyl sites for hydroxylation is 2. The summed E-state index contributed by atoms with van der Waals surface area (Å²) >= 11 is 0. The van der Waals surface area contributed by atoms with Gasteiger partial charge in [-0.05, 0) is 67.5 Å². The van der Waals surface area contributed by atoms with Gasteiger partial charge < -0.3 is 55.4 Å². The number of phenols is 4. The van der Waals surface area contributed by atoms with Crippen molar-refractivity contribution in [2.45, 2.75) is 75.0 Å². The molecule has 0 bridgehead atoms. The van der Waals surface area contributed by atoms with Crippen LogP contribution in [0.4, 0.5) is 0 Å². The van der Waals surface area contributed by atoms with E-state index in [0.29, 0.717) is 36.8 Å². The summed E-state index contributed by atoms with van der Waals surface area (Å²) < 4.78 is 11.3. The second-order valence-electron chi connectivity index (χ2n) is 9.07. The fourth-order valence-corrected chi connectivity index (χ4v) is 4.14. The molecule has 1 fully saturated rings. The van der Waals surface area contributed by atoms with Gasteiger partial charge in [0, 0.05) is 0 Å². The number of hydrogen-bond donors (Lipinski definition) is 9. The maximum absolute atomic E-state index is 10.7. The monoisotopic (exact) mass is 510 g/mol. The second-order valence-corrected chi connectivity index (χ2v) is 9.07. The van der Waals surface area contributed by atoms with Crippen molar-refractivity contribution in [1.82, 2.24) is 0 Å². The van der Waals surface area contributed by atoms with Crippen molar-refractivity contribution in [2.24, 2.45) is 0 Å². The topological polar surface area (TPSA) is 201 Å². The third kappa shape index (κ3) is 7.20. The predicted molar refractivity (Wildman–Crippen MR) is 125 cm³/mol. The molecule has 11 heteroatoms. The van der Waals surface area contributed by atoms with Crippen molar-refractivity contribution in [1.29, 1.82) is 0 Å². The van der Waals surface area contributed by atoms with Crippen molar-refractivity contribution < 1.29 is 55.4 Å². The van der Waals surface area contributed by atoms with Crippen LogP contribution in [0.3, 0.4) is 0 Å². The molecular formula is C25H34O11. The first-order chi connectivity index (χ1) is 17.1. The molecule has 1 aliphatic heterocycles. The number of aromatic hydroxyl groups is 4. The third-order valence-electron chi connectivity index (χ3n) is 6.31. The molecule has 0 spiro atoms. The van der Waals surface area contributed by atoms with E-state index < -0.39 is 49.5 Å².